The first-order valence-electron chi connectivity index (χ1n) is 5.91. The summed E-state index contributed by atoms with van der Waals surface area (Å²) in [4.78, 5) is 11.5. The van der Waals surface area contributed by atoms with E-state index in [1.54, 1.807) is 0 Å². The van der Waals surface area contributed by atoms with Gasteiger partial charge in [-0.3, -0.25) is 4.79 Å². The zero-order valence-electron chi connectivity index (χ0n) is 10.8. The summed E-state index contributed by atoms with van der Waals surface area (Å²) in [5.74, 6) is 0.904. The van der Waals surface area contributed by atoms with Gasteiger partial charge in [-0.25, -0.2) is 0 Å². The first-order valence-corrected chi connectivity index (χ1v) is 5.91. The van der Waals surface area contributed by atoms with Crippen LogP contribution >= 0.6 is 0 Å². The molecule has 0 aromatic heterocycles. The van der Waals surface area contributed by atoms with E-state index in [9.17, 15) is 9.90 Å². The van der Waals surface area contributed by atoms with E-state index < -0.39 is 0 Å². The van der Waals surface area contributed by atoms with E-state index in [1.807, 2.05) is 13.8 Å². The van der Waals surface area contributed by atoms with Crippen molar-refractivity contribution in [2.45, 2.75) is 40.5 Å². The number of esters is 1. The van der Waals surface area contributed by atoms with Crippen molar-refractivity contribution >= 4 is 5.97 Å². The molecular formula is C13H24O3. The molecule has 2 atom stereocenters. The van der Waals surface area contributed by atoms with Gasteiger partial charge in [0, 0.05) is 13.0 Å². The largest absolute Gasteiger partial charge is 0.432 e. The molecular weight excluding hydrogens is 204 g/mol. The summed E-state index contributed by atoms with van der Waals surface area (Å²) < 4.78 is 5.02. The fourth-order valence-electron chi connectivity index (χ4n) is 1.45. The highest BCUT2D eigenvalue weighted by molar-refractivity contribution is 5.70. The summed E-state index contributed by atoms with van der Waals surface area (Å²) in [5, 5.41) is 9.26. The third-order valence-electron chi connectivity index (χ3n) is 3.11. The molecule has 94 valence electrons. The maximum absolute atomic E-state index is 11.5. The second-order valence-corrected chi connectivity index (χ2v) is 4.62. The molecule has 0 radical (unpaired) electrons. The van der Waals surface area contributed by atoms with Crippen LogP contribution in [0, 0.1) is 17.8 Å². The number of carbonyl (C=O) groups excluding carboxylic acids is 1. The van der Waals surface area contributed by atoms with Gasteiger partial charge in [-0.1, -0.05) is 34.3 Å². The van der Waals surface area contributed by atoms with E-state index in [0.29, 0.717) is 24.0 Å². The predicted octanol–water partition coefficient (Wildman–Crippen LogP) is 2.74. The Balaban J connectivity index is 4.22. The summed E-state index contributed by atoms with van der Waals surface area (Å²) >= 11 is 0. The standard InChI is InChI=1S/C13H24O3/c1-6-10(4)16-13(15)7-12(8-14)11(5)9(2)3/h9,11-12,14H,4,6-8H2,1-3,5H3/t11-,12-/m0/s1. The van der Waals surface area contributed by atoms with Crippen molar-refractivity contribution in [1.29, 1.82) is 0 Å². The van der Waals surface area contributed by atoms with E-state index >= 15 is 0 Å². The van der Waals surface area contributed by atoms with Crippen molar-refractivity contribution in [2.75, 3.05) is 6.61 Å². The maximum Gasteiger partial charge on any atom is 0.311 e. The average molecular weight is 228 g/mol. The Hall–Kier alpha value is -0.830. The molecule has 0 heterocycles. The molecule has 0 spiro atoms. The Morgan fingerprint density at radius 2 is 1.94 bits per heavy atom. The van der Waals surface area contributed by atoms with E-state index in [-0.39, 0.29) is 24.9 Å². The number of allylic oxidation sites excluding steroid dienone is 1. The van der Waals surface area contributed by atoms with E-state index in [2.05, 4.69) is 20.4 Å². The minimum Gasteiger partial charge on any atom is -0.432 e. The number of aliphatic hydroxyl groups is 1. The highest BCUT2D eigenvalue weighted by Crippen LogP contribution is 2.23. The van der Waals surface area contributed by atoms with Gasteiger partial charge in [0.05, 0.1) is 6.42 Å². The highest BCUT2D eigenvalue weighted by atomic mass is 16.5. The van der Waals surface area contributed by atoms with Crippen molar-refractivity contribution in [2.24, 2.45) is 17.8 Å². The minimum atomic E-state index is -0.293. The Labute approximate surface area is 98.5 Å². The van der Waals surface area contributed by atoms with Crippen LogP contribution < -0.4 is 0 Å². The average Bonchev–Trinajstić information content (AvgIpc) is 2.24. The summed E-state index contributed by atoms with van der Waals surface area (Å²) in [6.45, 7) is 11.7. The maximum atomic E-state index is 11.5. The summed E-state index contributed by atoms with van der Waals surface area (Å²) in [6, 6.07) is 0. The van der Waals surface area contributed by atoms with Gasteiger partial charge in [-0.2, -0.15) is 0 Å². The van der Waals surface area contributed by atoms with Crippen molar-refractivity contribution in [3.05, 3.63) is 12.3 Å². The van der Waals surface area contributed by atoms with Crippen molar-refractivity contribution < 1.29 is 14.6 Å². The molecule has 3 nitrogen and oxygen atoms in total. The van der Waals surface area contributed by atoms with Crippen LogP contribution in [0.3, 0.4) is 0 Å². The molecule has 1 N–H and O–H groups in total. The van der Waals surface area contributed by atoms with E-state index in [4.69, 9.17) is 4.74 Å². The SMILES string of the molecule is C=C(CC)OC(=O)C[C@@H](CO)[C@@H](C)C(C)C. The summed E-state index contributed by atoms with van der Waals surface area (Å²) in [7, 11) is 0. The van der Waals surface area contributed by atoms with Crippen LogP contribution in [0.1, 0.15) is 40.5 Å². The van der Waals surface area contributed by atoms with Crippen LogP contribution in [0.25, 0.3) is 0 Å². The van der Waals surface area contributed by atoms with Crippen LogP contribution in [0.5, 0.6) is 0 Å². The fraction of sp³-hybridized carbons (Fsp3) is 0.769. The third-order valence-corrected chi connectivity index (χ3v) is 3.11. The number of aliphatic hydroxyl groups excluding tert-OH is 1. The molecule has 0 fully saturated rings. The molecule has 0 unspecified atom stereocenters. The lowest BCUT2D eigenvalue weighted by molar-refractivity contribution is -0.141. The van der Waals surface area contributed by atoms with Gasteiger partial charge in [0.15, 0.2) is 0 Å². The smallest absolute Gasteiger partial charge is 0.311 e. The number of hydrogen-bond donors (Lipinski definition) is 1. The first kappa shape index (κ1) is 15.2. The third kappa shape index (κ3) is 5.31. The topological polar surface area (TPSA) is 46.5 Å². The Kier molecular flexibility index (Phi) is 7.06. The number of carbonyl (C=O) groups is 1. The number of hydrogen-bond acceptors (Lipinski definition) is 3. The van der Waals surface area contributed by atoms with Gasteiger partial charge in [0.25, 0.3) is 0 Å². The Bertz CT molecular complexity index is 233. The van der Waals surface area contributed by atoms with Crippen LogP contribution in [-0.2, 0) is 9.53 Å². The van der Waals surface area contributed by atoms with Crippen LogP contribution in [0.2, 0.25) is 0 Å². The van der Waals surface area contributed by atoms with Crippen LogP contribution in [0.4, 0.5) is 0 Å². The molecule has 0 saturated heterocycles. The molecule has 0 rings (SSSR count). The van der Waals surface area contributed by atoms with E-state index in [1.165, 1.54) is 0 Å². The van der Waals surface area contributed by atoms with Gasteiger partial charge in [0.1, 0.15) is 5.76 Å². The van der Waals surface area contributed by atoms with Gasteiger partial charge in [-0.15, -0.1) is 0 Å². The quantitative estimate of drug-likeness (QED) is 0.538. The zero-order valence-corrected chi connectivity index (χ0v) is 10.8. The van der Waals surface area contributed by atoms with Crippen molar-refractivity contribution in [3.8, 4) is 0 Å². The number of ether oxygens (including phenoxy) is 1. The summed E-state index contributed by atoms with van der Waals surface area (Å²) in [5.41, 5.74) is 0. The molecule has 0 aliphatic carbocycles. The molecule has 0 aromatic carbocycles. The molecule has 0 aliphatic rings. The lowest BCUT2D eigenvalue weighted by Crippen LogP contribution is -2.24. The Morgan fingerprint density at radius 3 is 2.31 bits per heavy atom. The van der Waals surface area contributed by atoms with Crippen LogP contribution in [-0.4, -0.2) is 17.7 Å². The lowest BCUT2D eigenvalue weighted by atomic mass is 9.83. The normalized spacial score (nSPS) is 14.6. The first-order chi connectivity index (χ1) is 7.42. The van der Waals surface area contributed by atoms with Crippen molar-refractivity contribution in [3.63, 3.8) is 0 Å². The molecule has 0 aromatic rings. The fourth-order valence-corrected chi connectivity index (χ4v) is 1.45. The molecule has 16 heavy (non-hydrogen) atoms. The predicted molar refractivity (Wildman–Crippen MR) is 64.7 cm³/mol. The lowest BCUT2D eigenvalue weighted by Gasteiger charge is -2.24. The number of rotatable bonds is 7. The van der Waals surface area contributed by atoms with Gasteiger partial charge in [-0.05, 0) is 17.8 Å². The van der Waals surface area contributed by atoms with Crippen molar-refractivity contribution in [1.82, 2.24) is 0 Å². The summed E-state index contributed by atoms with van der Waals surface area (Å²) in [6.07, 6.45) is 0.893. The molecule has 3 heteroatoms. The monoisotopic (exact) mass is 228 g/mol. The molecule has 0 bridgehead atoms. The second-order valence-electron chi connectivity index (χ2n) is 4.62. The Morgan fingerprint density at radius 1 is 1.38 bits per heavy atom. The highest BCUT2D eigenvalue weighted by Gasteiger charge is 2.23. The molecule has 0 saturated carbocycles. The van der Waals surface area contributed by atoms with Crippen LogP contribution in [0.15, 0.2) is 12.3 Å². The zero-order chi connectivity index (χ0) is 12.7. The van der Waals surface area contributed by atoms with E-state index in [0.717, 1.165) is 0 Å². The second kappa shape index (κ2) is 7.44. The minimum absolute atomic E-state index is 0.0209. The van der Waals surface area contributed by atoms with Gasteiger partial charge in [0.2, 0.25) is 0 Å². The van der Waals surface area contributed by atoms with Gasteiger partial charge < -0.3 is 9.84 Å². The molecule has 0 aliphatic heterocycles. The molecule has 0 amide bonds. The van der Waals surface area contributed by atoms with Gasteiger partial charge >= 0.3 is 5.97 Å².